The first-order valence-electron chi connectivity index (χ1n) is 13.3. The van der Waals surface area contributed by atoms with Crippen LogP contribution in [0.5, 0.6) is 11.5 Å². The lowest BCUT2D eigenvalue weighted by Gasteiger charge is -2.23. The minimum Gasteiger partial charge on any atom is -0.496 e. The molecule has 5 nitrogen and oxygen atoms in total. The SMILES string of the molecule is COc1cc(C[C@H]2COC(=O)[C@@H]2[C@@H](O)c2ccc(Cc3ccccc3)c(OC)c2)ccc1Cc1ccccc1. The maximum absolute atomic E-state index is 12.8. The third-order valence-corrected chi connectivity index (χ3v) is 7.54. The van der Waals surface area contributed by atoms with E-state index in [4.69, 9.17) is 14.2 Å². The van der Waals surface area contributed by atoms with Crippen molar-refractivity contribution in [1.29, 1.82) is 0 Å². The van der Waals surface area contributed by atoms with Crippen molar-refractivity contribution in [3.05, 3.63) is 130 Å². The summed E-state index contributed by atoms with van der Waals surface area (Å²) in [6, 6.07) is 32.3. The van der Waals surface area contributed by atoms with Crippen molar-refractivity contribution in [1.82, 2.24) is 0 Å². The van der Waals surface area contributed by atoms with Gasteiger partial charge in [-0.3, -0.25) is 4.79 Å². The molecular formula is C34H34O5. The predicted molar refractivity (Wildman–Crippen MR) is 151 cm³/mol. The highest BCUT2D eigenvalue weighted by molar-refractivity contribution is 5.76. The monoisotopic (exact) mass is 522 g/mol. The van der Waals surface area contributed by atoms with Gasteiger partial charge in [-0.25, -0.2) is 0 Å². The molecule has 0 aliphatic carbocycles. The molecule has 0 aromatic heterocycles. The first-order chi connectivity index (χ1) is 19.1. The van der Waals surface area contributed by atoms with Gasteiger partial charge in [0.15, 0.2) is 0 Å². The molecule has 4 aromatic carbocycles. The summed E-state index contributed by atoms with van der Waals surface area (Å²) in [6.07, 6.45) is 1.09. The average molecular weight is 523 g/mol. The molecule has 5 rings (SSSR count). The van der Waals surface area contributed by atoms with Gasteiger partial charge in [0.25, 0.3) is 0 Å². The van der Waals surface area contributed by atoms with Crippen molar-refractivity contribution in [2.75, 3.05) is 20.8 Å². The second kappa shape index (κ2) is 12.2. The molecule has 200 valence electrons. The number of hydrogen-bond acceptors (Lipinski definition) is 5. The van der Waals surface area contributed by atoms with Crippen LogP contribution in [-0.2, 0) is 28.8 Å². The van der Waals surface area contributed by atoms with Crippen LogP contribution < -0.4 is 9.47 Å². The normalized spacial score (nSPS) is 17.5. The number of hydrogen-bond donors (Lipinski definition) is 1. The van der Waals surface area contributed by atoms with Crippen LogP contribution in [0.3, 0.4) is 0 Å². The average Bonchev–Trinajstić information content (AvgIpc) is 3.34. The molecular weight excluding hydrogens is 488 g/mol. The van der Waals surface area contributed by atoms with Crippen molar-refractivity contribution in [2.24, 2.45) is 11.8 Å². The van der Waals surface area contributed by atoms with E-state index in [0.717, 1.165) is 35.3 Å². The third-order valence-electron chi connectivity index (χ3n) is 7.54. The Kier molecular flexibility index (Phi) is 8.28. The Balaban J connectivity index is 1.33. The lowest BCUT2D eigenvalue weighted by atomic mass is 9.82. The molecule has 1 aliphatic rings. The van der Waals surface area contributed by atoms with E-state index in [1.807, 2.05) is 60.7 Å². The second-order valence-corrected chi connectivity index (χ2v) is 10.1. The topological polar surface area (TPSA) is 65.0 Å². The minimum absolute atomic E-state index is 0.160. The smallest absolute Gasteiger partial charge is 0.312 e. The number of aliphatic hydroxyl groups is 1. The zero-order chi connectivity index (χ0) is 27.2. The van der Waals surface area contributed by atoms with Gasteiger partial charge >= 0.3 is 5.97 Å². The Morgan fingerprint density at radius 2 is 1.33 bits per heavy atom. The van der Waals surface area contributed by atoms with Gasteiger partial charge in [-0.2, -0.15) is 0 Å². The van der Waals surface area contributed by atoms with E-state index in [1.165, 1.54) is 11.1 Å². The Morgan fingerprint density at radius 1 is 0.769 bits per heavy atom. The van der Waals surface area contributed by atoms with Gasteiger partial charge in [0.1, 0.15) is 11.5 Å². The van der Waals surface area contributed by atoms with Crippen LogP contribution >= 0.6 is 0 Å². The van der Waals surface area contributed by atoms with Crippen LogP contribution in [0.15, 0.2) is 97.1 Å². The largest absolute Gasteiger partial charge is 0.496 e. The molecule has 5 heteroatoms. The predicted octanol–water partition coefficient (Wildman–Crippen LogP) is 5.95. The standard InChI is InChI=1S/C34H34O5/c1-37-30-20-25(13-14-26(30)17-23-9-5-3-6-10-23)19-29-22-39-34(36)32(29)33(35)28-16-15-27(31(21-28)38-2)18-24-11-7-4-8-12-24/h3-16,20-21,29,32-33,35H,17-19,22H2,1-2H3/t29-,32-,33-/m0/s1. The first-order valence-corrected chi connectivity index (χ1v) is 13.3. The van der Waals surface area contributed by atoms with Gasteiger partial charge in [-0.15, -0.1) is 0 Å². The molecule has 0 saturated carbocycles. The van der Waals surface area contributed by atoms with E-state index < -0.39 is 12.0 Å². The Hall–Kier alpha value is -4.09. The van der Waals surface area contributed by atoms with Crippen LogP contribution in [0.25, 0.3) is 0 Å². The summed E-state index contributed by atoms with van der Waals surface area (Å²) in [5.41, 5.74) is 6.20. The molecule has 3 atom stereocenters. The molecule has 39 heavy (non-hydrogen) atoms. The van der Waals surface area contributed by atoms with Crippen molar-refractivity contribution in [2.45, 2.75) is 25.4 Å². The molecule has 0 amide bonds. The van der Waals surface area contributed by atoms with Crippen molar-refractivity contribution in [3.63, 3.8) is 0 Å². The Bertz CT molecular complexity index is 1400. The molecule has 1 aliphatic heterocycles. The van der Waals surface area contributed by atoms with Gasteiger partial charge in [0.2, 0.25) is 0 Å². The summed E-state index contributed by atoms with van der Waals surface area (Å²) < 4.78 is 16.8. The zero-order valence-electron chi connectivity index (χ0n) is 22.4. The lowest BCUT2D eigenvalue weighted by molar-refractivity contribution is -0.144. The minimum atomic E-state index is -0.996. The maximum atomic E-state index is 12.8. The molecule has 1 N–H and O–H groups in total. The number of esters is 1. The van der Waals surface area contributed by atoms with Crippen molar-refractivity contribution < 1.29 is 24.1 Å². The first kappa shape index (κ1) is 26.5. The number of benzene rings is 4. The maximum Gasteiger partial charge on any atom is 0.312 e. The highest BCUT2D eigenvalue weighted by Gasteiger charge is 2.42. The van der Waals surface area contributed by atoms with E-state index in [1.54, 1.807) is 14.2 Å². The summed E-state index contributed by atoms with van der Waals surface area (Å²) in [5, 5.41) is 11.4. The van der Waals surface area contributed by atoms with E-state index in [2.05, 4.69) is 36.4 Å². The molecule has 0 bridgehead atoms. The zero-order valence-corrected chi connectivity index (χ0v) is 22.4. The van der Waals surface area contributed by atoms with Crippen LogP contribution in [-0.4, -0.2) is 31.9 Å². The van der Waals surface area contributed by atoms with Gasteiger partial charge < -0.3 is 19.3 Å². The van der Waals surface area contributed by atoms with Crippen molar-refractivity contribution >= 4 is 5.97 Å². The van der Waals surface area contributed by atoms with Gasteiger partial charge in [-0.1, -0.05) is 84.9 Å². The number of carbonyl (C=O) groups is 1. The van der Waals surface area contributed by atoms with E-state index in [-0.39, 0.29) is 18.5 Å². The molecule has 1 saturated heterocycles. The number of ether oxygens (including phenoxy) is 3. The summed E-state index contributed by atoms with van der Waals surface area (Å²) >= 11 is 0. The fourth-order valence-electron chi connectivity index (χ4n) is 5.45. The molecule has 0 spiro atoms. The van der Waals surface area contributed by atoms with E-state index in [9.17, 15) is 9.90 Å². The highest BCUT2D eigenvalue weighted by Crippen LogP contribution is 2.38. The molecule has 1 heterocycles. The highest BCUT2D eigenvalue weighted by atomic mass is 16.5. The molecule has 4 aromatic rings. The summed E-state index contributed by atoms with van der Waals surface area (Å²) in [5.74, 6) is 0.318. The quantitative estimate of drug-likeness (QED) is 0.261. The van der Waals surface area contributed by atoms with Crippen LogP contribution in [0, 0.1) is 11.8 Å². The Morgan fingerprint density at radius 3 is 1.92 bits per heavy atom. The number of aliphatic hydroxyl groups excluding tert-OH is 1. The third kappa shape index (κ3) is 6.15. The molecule has 0 unspecified atom stereocenters. The number of carbonyl (C=O) groups excluding carboxylic acids is 1. The number of rotatable bonds is 10. The molecule has 1 fully saturated rings. The summed E-state index contributed by atoms with van der Waals surface area (Å²) in [4.78, 5) is 12.8. The van der Waals surface area contributed by atoms with Gasteiger partial charge in [0, 0.05) is 18.8 Å². The lowest BCUT2D eigenvalue weighted by Crippen LogP contribution is -2.25. The van der Waals surface area contributed by atoms with Crippen molar-refractivity contribution in [3.8, 4) is 11.5 Å². The second-order valence-electron chi connectivity index (χ2n) is 10.1. The molecule has 0 radical (unpaired) electrons. The van der Waals surface area contributed by atoms with Gasteiger partial charge in [-0.05, 0) is 51.9 Å². The van der Waals surface area contributed by atoms with Crippen LogP contribution in [0.1, 0.15) is 39.5 Å². The summed E-state index contributed by atoms with van der Waals surface area (Å²) in [6.45, 7) is 0.276. The van der Waals surface area contributed by atoms with Crippen LogP contribution in [0.4, 0.5) is 0 Å². The fourth-order valence-corrected chi connectivity index (χ4v) is 5.45. The van der Waals surface area contributed by atoms with Crippen LogP contribution in [0.2, 0.25) is 0 Å². The Labute approximate surface area is 230 Å². The van der Waals surface area contributed by atoms with E-state index >= 15 is 0 Å². The fraction of sp³-hybridized carbons (Fsp3) is 0.265. The summed E-state index contributed by atoms with van der Waals surface area (Å²) in [7, 11) is 3.30. The number of methoxy groups -OCH3 is 2. The van der Waals surface area contributed by atoms with Gasteiger partial charge in [0.05, 0.1) is 32.8 Å². The number of cyclic esters (lactones) is 1. The van der Waals surface area contributed by atoms with E-state index in [0.29, 0.717) is 17.7 Å².